The van der Waals surface area contributed by atoms with Gasteiger partial charge >= 0.3 is 11.9 Å². The summed E-state index contributed by atoms with van der Waals surface area (Å²) in [5, 5.41) is 24.4. The highest BCUT2D eigenvalue weighted by molar-refractivity contribution is 7.99. The molecule has 1 aliphatic carbocycles. The van der Waals surface area contributed by atoms with E-state index in [2.05, 4.69) is 10.6 Å². The molecule has 4 amide bonds. The van der Waals surface area contributed by atoms with E-state index in [1.54, 1.807) is 6.26 Å². The van der Waals surface area contributed by atoms with Crippen molar-refractivity contribution in [2.45, 2.75) is 49.9 Å². The summed E-state index contributed by atoms with van der Waals surface area (Å²) in [6, 6.07) is -3.24. The lowest BCUT2D eigenvalue weighted by Crippen LogP contribution is -2.45. The van der Waals surface area contributed by atoms with Crippen LogP contribution in [0.15, 0.2) is 0 Å². The summed E-state index contributed by atoms with van der Waals surface area (Å²) >= 11 is 1.32. The van der Waals surface area contributed by atoms with Crippen LogP contribution in [0.4, 0.5) is 0 Å². The summed E-state index contributed by atoms with van der Waals surface area (Å²) in [5.41, 5.74) is 0. The van der Waals surface area contributed by atoms with Gasteiger partial charge in [-0.25, -0.2) is 9.59 Å². The normalized spacial score (nSPS) is 25.9. The molecule has 3 rings (SSSR count). The Morgan fingerprint density at radius 2 is 1.34 bits per heavy atom. The van der Waals surface area contributed by atoms with Crippen LogP contribution in [0.25, 0.3) is 0 Å². The summed E-state index contributed by atoms with van der Waals surface area (Å²) in [4.78, 5) is 74.4. The molecular formula is C21H30N4O9S. The third kappa shape index (κ3) is 7.07. The monoisotopic (exact) mass is 514 g/mol. The van der Waals surface area contributed by atoms with Crippen molar-refractivity contribution < 1.29 is 43.7 Å². The van der Waals surface area contributed by atoms with Crippen molar-refractivity contribution in [3.63, 3.8) is 0 Å². The Kier molecular flexibility index (Phi) is 8.94. The predicted molar refractivity (Wildman–Crippen MR) is 121 cm³/mol. The van der Waals surface area contributed by atoms with Crippen LogP contribution in [-0.4, -0.2) is 118 Å². The van der Waals surface area contributed by atoms with E-state index in [0.717, 1.165) is 22.6 Å². The smallest absolute Gasteiger partial charge is 0.326 e. The van der Waals surface area contributed by atoms with Crippen molar-refractivity contribution in [2.24, 2.45) is 5.92 Å². The molecule has 3 aliphatic rings. The van der Waals surface area contributed by atoms with Gasteiger partial charge < -0.3 is 35.4 Å². The molecule has 4 N–H and O–H groups in total. The number of nitrogens with one attached hydrogen (secondary N) is 2. The van der Waals surface area contributed by atoms with Crippen LogP contribution in [-0.2, 0) is 33.5 Å². The minimum atomic E-state index is -1.21. The Morgan fingerprint density at radius 1 is 0.857 bits per heavy atom. The Bertz CT molecular complexity index is 881. The van der Waals surface area contributed by atoms with Gasteiger partial charge in [0.1, 0.15) is 25.3 Å². The number of thioether (sulfide) groups is 1. The number of carboxylic acid groups (broad SMARTS) is 2. The Balaban J connectivity index is 1.49. The van der Waals surface area contributed by atoms with E-state index in [1.807, 2.05) is 0 Å². The SMILES string of the molecule is CSCC(=O)NC1CC(C(=O)O)N(C(=O)COCC(=O)N2CC(NC(=O)C3CC3)CC2C(=O)O)C1. The molecule has 13 nitrogen and oxygen atoms in total. The second-order valence-corrected chi connectivity index (χ2v) is 9.81. The van der Waals surface area contributed by atoms with Gasteiger partial charge in [-0.3, -0.25) is 19.2 Å². The van der Waals surface area contributed by atoms with Gasteiger partial charge in [-0.1, -0.05) is 0 Å². The van der Waals surface area contributed by atoms with Crippen LogP contribution in [0.2, 0.25) is 0 Å². The molecule has 2 heterocycles. The first-order valence-corrected chi connectivity index (χ1v) is 12.7. The van der Waals surface area contributed by atoms with Gasteiger partial charge in [0, 0.05) is 43.9 Å². The third-order valence-corrected chi connectivity index (χ3v) is 6.75. The van der Waals surface area contributed by atoms with E-state index in [1.165, 1.54) is 11.8 Å². The molecule has 4 atom stereocenters. The predicted octanol–water partition coefficient (Wildman–Crippen LogP) is -1.88. The van der Waals surface area contributed by atoms with Crippen molar-refractivity contribution in [3.05, 3.63) is 0 Å². The number of carboxylic acids is 2. The number of ether oxygens (including phenoxy) is 1. The van der Waals surface area contributed by atoms with Gasteiger partial charge in [-0.05, 0) is 19.1 Å². The van der Waals surface area contributed by atoms with Gasteiger partial charge in [0.2, 0.25) is 23.6 Å². The first-order valence-electron chi connectivity index (χ1n) is 11.3. The lowest BCUT2D eigenvalue weighted by molar-refractivity contribution is -0.153. The first-order chi connectivity index (χ1) is 16.6. The maximum absolute atomic E-state index is 12.6. The number of rotatable bonds is 11. The number of aliphatic carboxylic acids is 2. The molecule has 0 aromatic rings. The van der Waals surface area contributed by atoms with Crippen LogP contribution < -0.4 is 10.6 Å². The standard InChI is InChI=1S/C21H30N4O9S/c1-35-10-16(26)22-12-4-14(20(30)31)24(6-12)17(27)8-34-9-18(28)25-7-13(5-15(25)21(32)33)23-19(29)11-2-3-11/h11-15H,2-10H2,1H3,(H,22,26)(H,23,29)(H,30,31)(H,32,33). The summed E-state index contributed by atoms with van der Waals surface area (Å²) < 4.78 is 5.21. The fourth-order valence-corrected chi connectivity index (χ4v) is 4.70. The van der Waals surface area contributed by atoms with Crippen molar-refractivity contribution in [1.82, 2.24) is 20.4 Å². The number of hydrogen-bond donors (Lipinski definition) is 4. The minimum Gasteiger partial charge on any atom is -0.480 e. The van der Waals surface area contributed by atoms with E-state index in [0.29, 0.717) is 0 Å². The van der Waals surface area contributed by atoms with E-state index in [9.17, 15) is 39.0 Å². The maximum Gasteiger partial charge on any atom is 0.326 e. The van der Waals surface area contributed by atoms with E-state index in [4.69, 9.17) is 4.74 Å². The zero-order valence-electron chi connectivity index (χ0n) is 19.3. The lowest BCUT2D eigenvalue weighted by Gasteiger charge is -2.23. The third-order valence-electron chi connectivity index (χ3n) is 6.20. The zero-order valence-corrected chi connectivity index (χ0v) is 20.1. The fourth-order valence-electron chi connectivity index (χ4n) is 4.36. The molecule has 14 heteroatoms. The van der Waals surface area contributed by atoms with Crippen LogP contribution in [0, 0.1) is 5.92 Å². The Labute approximate surface area is 205 Å². The number of hydrogen-bond acceptors (Lipinski definition) is 8. The molecule has 0 bridgehead atoms. The van der Waals surface area contributed by atoms with Crippen LogP contribution >= 0.6 is 11.8 Å². The van der Waals surface area contributed by atoms with Gasteiger partial charge in [-0.15, -0.1) is 0 Å². The highest BCUT2D eigenvalue weighted by Crippen LogP contribution is 2.29. The average Bonchev–Trinajstić information content (AvgIpc) is 3.42. The van der Waals surface area contributed by atoms with Gasteiger partial charge in [-0.2, -0.15) is 11.8 Å². The summed E-state index contributed by atoms with van der Waals surface area (Å²) in [6.45, 7) is -1.12. The molecule has 2 aliphatic heterocycles. The number of carbonyl (C=O) groups is 6. The Hall–Kier alpha value is -2.87. The fraction of sp³-hybridized carbons (Fsp3) is 0.714. The molecule has 0 aromatic heterocycles. The van der Waals surface area contributed by atoms with Crippen molar-refractivity contribution in [2.75, 3.05) is 38.3 Å². The second-order valence-electron chi connectivity index (χ2n) is 8.94. The molecule has 2 saturated heterocycles. The summed E-state index contributed by atoms with van der Waals surface area (Å²) in [7, 11) is 0. The minimum absolute atomic E-state index is 0.00279. The molecule has 1 saturated carbocycles. The van der Waals surface area contributed by atoms with Gasteiger partial charge in [0.25, 0.3) is 0 Å². The molecule has 0 radical (unpaired) electrons. The second kappa shape index (κ2) is 11.7. The quantitative estimate of drug-likeness (QED) is 0.243. The molecule has 0 aromatic carbocycles. The zero-order chi connectivity index (χ0) is 25.7. The summed E-state index contributed by atoms with van der Waals surface area (Å²) in [5.74, 6) is -3.94. The molecular weight excluding hydrogens is 484 g/mol. The molecule has 4 unspecified atom stereocenters. The first kappa shape index (κ1) is 26.7. The van der Waals surface area contributed by atoms with E-state index in [-0.39, 0.29) is 49.4 Å². The van der Waals surface area contributed by atoms with Crippen molar-refractivity contribution in [1.29, 1.82) is 0 Å². The number of carbonyl (C=O) groups excluding carboxylic acids is 4. The number of likely N-dealkylation sites (tertiary alicyclic amines) is 2. The highest BCUT2D eigenvalue weighted by atomic mass is 32.2. The van der Waals surface area contributed by atoms with Crippen LogP contribution in [0.5, 0.6) is 0 Å². The number of nitrogens with zero attached hydrogens (tertiary/aromatic N) is 2. The topological polar surface area (TPSA) is 183 Å². The number of amides is 4. The van der Waals surface area contributed by atoms with Gasteiger partial charge in [0.05, 0.1) is 5.75 Å². The summed E-state index contributed by atoms with van der Waals surface area (Å²) in [6.07, 6.45) is 3.50. The van der Waals surface area contributed by atoms with Crippen LogP contribution in [0.1, 0.15) is 25.7 Å². The van der Waals surface area contributed by atoms with Crippen LogP contribution in [0.3, 0.4) is 0 Å². The van der Waals surface area contributed by atoms with Crippen molar-refractivity contribution in [3.8, 4) is 0 Å². The van der Waals surface area contributed by atoms with E-state index < -0.39 is 61.1 Å². The largest absolute Gasteiger partial charge is 0.480 e. The molecule has 194 valence electrons. The highest BCUT2D eigenvalue weighted by Gasteiger charge is 2.42. The Morgan fingerprint density at radius 3 is 1.77 bits per heavy atom. The van der Waals surface area contributed by atoms with Crippen molar-refractivity contribution >= 4 is 47.3 Å². The lowest BCUT2D eigenvalue weighted by atomic mass is 10.1. The van der Waals surface area contributed by atoms with E-state index >= 15 is 0 Å². The van der Waals surface area contributed by atoms with Gasteiger partial charge in [0.15, 0.2) is 0 Å². The molecule has 3 fully saturated rings. The maximum atomic E-state index is 12.6. The molecule has 35 heavy (non-hydrogen) atoms. The molecule has 0 spiro atoms. The average molecular weight is 515 g/mol.